The molecule has 0 atom stereocenters. The molecule has 0 amide bonds. The number of carbonyl (C=O) groups excluding carboxylic acids is 1. The number of thiazole rings is 1. The Balaban J connectivity index is 1.54. The fourth-order valence-electron chi connectivity index (χ4n) is 3.49. The Labute approximate surface area is 159 Å². The van der Waals surface area contributed by atoms with E-state index >= 15 is 0 Å². The van der Waals surface area contributed by atoms with Crippen molar-refractivity contribution in [1.29, 1.82) is 0 Å². The molecular weight excluding hydrogens is 344 g/mol. The average molecular weight is 373 g/mol. The number of aromatic nitrogens is 1. The lowest BCUT2D eigenvalue weighted by Crippen LogP contribution is -2.26. The summed E-state index contributed by atoms with van der Waals surface area (Å²) in [5.74, 6) is 0.885. The number of benzene rings is 1. The summed E-state index contributed by atoms with van der Waals surface area (Å²) in [4.78, 5) is 17.9. The van der Waals surface area contributed by atoms with Crippen molar-refractivity contribution in [3.8, 4) is 10.4 Å². The number of nitrogen functional groups attached to an aromatic ring is 1. The van der Waals surface area contributed by atoms with E-state index in [-0.39, 0.29) is 5.97 Å². The van der Waals surface area contributed by atoms with Gasteiger partial charge in [0.15, 0.2) is 0 Å². The second-order valence-corrected chi connectivity index (χ2v) is 9.26. The Hall–Kier alpha value is -1.88. The molecule has 1 aromatic heterocycles. The van der Waals surface area contributed by atoms with Gasteiger partial charge in [0.25, 0.3) is 0 Å². The Morgan fingerprint density at radius 2 is 1.85 bits per heavy atom. The van der Waals surface area contributed by atoms with E-state index in [4.69, 9.17) is 10.5 Å². The molecule has 1 aliphatic carbocycles. The highest BCUT2D eigenvalue weighted by Gasteiger charge is 2.27. The zero-order valence-corrected chi connectivity index (χ0v) is 16.6. The van der Waals surface area contributed by atoms with Gasteiger partial charge in [-0.05, 0) is 70.1 Å². The summed E-state index contributed by atoms with van der Waals surface area (Å²) < 4.78 is 5.45. The van der Waals surface area contributed by atoms with Crippen LogP contribution in [0.1, 0.15) is 63.8 Å². The number of carbonyl (C=O) groups is 1. The standard InChI is InChI=1S/C21H28N2O2S/c1-21(2,3)25-19(24)12-14-4-6-16(7-5-14)20-23-13-18(26-20)15-8-10-17(22)11-9-15/h8-11,13-14,16H,4-7,12,22H2,1-3H3. The van der Waals surface area contributed by atoms with Crippen molar-refractivity contribution in [1.82, 2.24) is 4.98 Å². The van der Waals surface area contributed by atoms with Gasteiger partial charge in [0.1, 0.15) is 5.60 Å². The molecular formula is C21H28N2O2S. The molecule has 1 aromatic carbocycles. The van der Waals surface area contributed by atoms with Gasteiger partial charge in [0.2, 0.25) is 0 Å². The van der Waals surface area contributed by atoms with Crippen LogP contribution in [0, 0.1) is 5.92 Å². The van der Waals surface area contributed by atoms with Crippen LogP contribution in [0.25, 0.3) is 10.4 Å². The van der Waals surface area contributed by atoms with Crippen LogP contribution >= 0.6 is 11.3 Å². The van der Waals surface area contributed by atoms with Crippen LogP contribution in [0.2, 0.25) is 0 Å². The molecule has 0 saturated heterocycles. The van der Waals surface area contributed by atoms with Crippen molar-refractivity contribution >= 4 is 23.0 Å². The average Bonchev–Trinajstić information content (AvgIpc) is 3.04. The molecule has 2 aromatic rings. The summed E-state index contributed by atoms with van der Waals surface area (Å²) in [5, 5.41) is 1.22. The van der Waals surface area contributed by atoms with Crippen LogP contribution in [-0.4, -0.2) is 16.6 Å². The van der Waals surface area contributed by atoms with Crippen molar-refractivity contribution in [3.63, 3.8) is 0 Å². The first kappa shape index (κ1) is 18.9. The molecule has 4 nitrogen and oxygen atoms in total. The van der Waals surface area contributed by atoms with Crippen LogP contribution in [0.15, 0.2) is 30.5 Å². The smallest absolute Gasteiger partial charge is 0.306 e. The fourth-order valence-corrected chi connectivity index (χ4v) is 4.58. The second kappa shape index (κ2) is 7.78. The van der Waals surface area contributed by atoms with Crippen LogP contribution < -0.4 is 5.73 Å². The van der Waals surface area contributed by atoms with Crippen LogP contribution in [0.3, 0.4) is 0 Å². The molecule has 1 fully saturated rings. The maximum Gasteiger partial charge on any atom is 0.306 e. The van der Waals surface area contributed by atoms with E-state index in [1.54, 1.807) is 11.3 Å². The summed E-state index contributed by atoms with van der Waals surface area (Å²) >= 11 is 1.78. The molecule has 0 aliphatic heterocycles. The Kier molecular flexibility index (Phi) is 5.66. The number of nitrogens with zero attached hydrogens (tertiary/aromatic N) is 1. The van der Waals surface area contributed by atoms with Crippen molar-refractivity contribution in [2.24, 2.45) is 5.92 Å². The fraction of sp³-hybridized carbons (Fsp3) is 0.524. The number of anilines is 1. The lowest BCUT2D eigenvalue weighted by molar-refractivity contribution is -0.156. The summed E-state index contributed by atoms with van der Waals surface area (Å²) in [6, 6.07) is 7.95. The molecule has 5 heteroatoms. The van der Waals surface area contributed by atoms with Gasteiger partial charge in [-0.25, -0.2) is 4.98 Å². The van der Waals surface area contributed by atoms with Gasteiger partial charge >= 0.3 is 5.97 Å². The van der Waals surface area contributed by atoms with Crippen LogP contribution in [0.4, 0.5) is 5.69 Å². The van der Waals surface area contributed by atoms with Crippen LogP contribution in [-0.2, 0) is 9.53 Å². The van der Waals surface area contributed by atoms with E-state index in [1.165, 1.54) is 15.4 Å². The highest BCUT2D eigenvalue weighted by atomic mass is 32.1. The van der Waals surface area contributed by atoms with Gasteiger partial charge in [-0.1, -0.05) is 12.1 Å². The van der Waals surface area contributed by atoms with Gasteiger partial charge in [-0.15, -0.1) is 11.3 Å². The molecule has 0 bridgehead atoms. The number of nitrogens with two attached hydrogens (primary N) is 1. The van der Waals surface area contributed by atoms with Gasteiger partial charge in [0, 0.05) is 24.2 Å². The minimum Gasteiger partial charge on any atom is -0.460 e. The molecule has 0 spiro atoms. The van der Waals surface area contributed by atoms with Gasteiger partial charge in [-0.2, -0.15) is 0 Å². The number of esters is 1. The van der Waals surface area contributed by atoms with E-state index in [2.05, 4.69) is 4.98 Å². The number of ether oxygens (including phenoxy) is 1. The first-order chi connectivity index (χ1) is 12.3. The molecule has 0 unspecified atom stereocenters. The van der Waals surface area contributed by atoms with Crippen molar-refractivity contribution in [2.75, 3.05) is 5.73 Å². The Morgan fingerprint density at radius 1 is 1.19 bits per heavy atom. The van der Waals surface area contributed by atoms with E-state index in [1.807, 2.05) is 51.2 Å². The van der Waals surface area contributed by atoms with Gasteiger partial charge in [-0.3, -0.25) is 4.79 Å². The summed E-state index contributed by atoms with van der Waals surface area (Å²) in [5.41, 5.74) is 7.32. The quantitative estimate of drug-likeness (QED) is 0.576. The Bertz CT molecular complexity index is 738. The minimum absolute atomic E-state index is 0.0687. The lowest BCUT2D eigenvalue weighted by atomic mass is 9.81. The van der Waals surface area contributed by atoms with Gasteiger partial charge in [0.05, 0.1) is 9.88 Å². The monoisotopic (exact) mass is 372 g/mol. The third-order valence-electron chi connectivity index (χ3n) is 4.79. The molecule has 1 heterocycles. The van der Waals surface area contributed by atoms with Crippen molar-refractivity contribution < 1.29 is 9.53 Å². The van der Waals surface area contributed by atoms with Gasteiger partial charge < -0.3 is 10.5 Å². The molecule has 3 rings (SSSR count). The van der Waals surface area contributed by atoms with E-state index < -0.39 is 5.60 Å². The summed E-state index contributed by atoms with van der Waals surface area (Å²) in [7, 11) is 0. The zero-order valence-electron chi connectivity index (χ0n) is 15.8. The minimum atomic E-state index is -0.395. The van der Waals surface area contributed by atoms with Crippen LogP contribution in [0.5, 0.6) is 0 Å². The van der Waals surface area contributed by atoms with Crippen molar-refractivity contribution in [3.05, 3.63) is 35.5 Å². The molecule has 0 radical (unpaired) electrons. The van der Waals surface area contributed by atoms with E-state index in [0.29, 0.717) is 18.3 Å². The van der Waals surface area contributed by atoms with Crippen molar-refractivity contribution in [2.45, 2.75) is 64.4 Å². The van der Waals surface area contributed by atoms with E-state index in [0.717, 1.165) is 31.4 Å². The molecule has 140 valence electrons. The van der Waals surface area contributed by atoms with E-state index in [9.17, 15) is 4.79 Å². The maximum atomic E-state index is 12.0. The predicted molar refractivity (Wildman–Crippen MR) is 107 cm³/mol. The third kappa shape index (κ3) is 5.07. The normalized spacial score (nSPS) is 20.7. The molecule has 26 heavy (non-hydrogen) atoms. The highest BCUT2D eigenvalue weighted by molar-refractivity contribution is 7.15. The molecule has 1 saturated carbocycles. The first-order valence-corrected chi connectivity index (χ1v) is 10.2. The first-order valence-electron chi connectivity index (χ1n) is 9.33. The summed E-state index contributed by atoms with van der Waals surface area (Å²) in [6.45, 7) is 5.76. The predicted octanol–water partition coefficient (Wildman–Crippen LogP) is 5.40. The number of rotatable bonds is 4. The number of hydrogen-bond donors (Lipinski definition) is 1. The maximum absolute atomic E-state index is 12.0. The molecule has 2 N–H and O–H groups in total. The second-order valence-electron chi connectivity index (χ2n) is 8.19. The molecule has 1 aliphatic rings. The lowest BCUT2D eigenvalue weighted by Gasteiger charge is -2.28. The topological polar surface area (TPSA) is 65.2 Å². The Morgan fingerprint density at radius 3 is 2.46 bits per heavy atom. The zero-order chi connectivity index (χ0) is 18.7. The third-order valence-corrected chi connectivity index (χ3v) is 6.00. The SMILES string of the molecule is CC(C)(C)OC(=O)CC1CCC(c2ncc(-c3ccc(N)cc3)s2)CC1. The largest absolute Gasteiger partial charge is 0.460 e. The summed E-state index contributed by atoms with van der Waals surface area (Å²) in [6.07, 6.45) is 6.85. The number of hydrogen-bond acceptors (Lipinski definition) is 5. The highest BCUT2D eigenvalue weighted by Crippen LogP contribution is 2.40.